The Hall–Kier alpha value is -2.08. The number of carbonyl (C=O) groups excluding carboxylic acids is 1. The summed E-state index contributed by atoms with van der Waals surface area (Å²) in [4.78, 5) is 18.5. The molecule has 37 heavy (non-hydrogen) atoms. The average molecular weight is 557 g/mol. The van der Waals surface area contributed by atoms with Gasteiger partial charge in [0.25, 0.3) is 0 Å². The van der Waals surface area contributed by atoms with Crippen LogP contribution in [0.1, 0.15) is 56.7 Å². The molecule has 2 aromatic rings. The molecule has 0 radical (unpaired) electrons. The number of rotatable bonds is 9. The Bertz CT molecular complexity index is 1140. The van der Waals surface area contributed by atoms with Crippen LogP contribution in [0.15, 0.2) is 6.58 Å². The number of hydrogen-bond acceptors (Lipinski definition) is 6. The van der Waals surface area contributed by atoms with E-state index >= 15 is 0 Å². The lowest BCUT2D eigenvalue weighted by atomic mass is 9.95. The normalized spacial score (nSPS) is 15.9. The molecule has 0 saturated heterocycles. The van der Waals surface area contributed by atoms with Crippen LogP contribution in [-0.2, 0) is 43.3 Å². The van der Waals surface area contributed by atoms with Gasteiger partial charge < -0.3 is 15.0 Å². The number of hydrogen-bond donors (Lipinski definition) is 2. The highest BCUT2D eigenvalue weighted by atomic mass is 32.1. The third-order valence-corrected chi connectivity index (χ3v) is 9.30. The number of thiophene rings is 2. The Balaban J connectivity index is 1.49. The maximum atomic E-state index is 13.9. The van der Waals surface area contributed by atoms with E-state index in [4.69, 9.17) is 4.74 Å². The molecule has 3 heterocycles. The number of ether oxygens (including phenoxy) is 1. The summed E-state index contributed by atoms with van der Waals surface area (Å²) < 4.78 is 47.5. The second kappa shape index (κ2) is 11.8. The van der Waals surface area contributed by atoms with E-state index in [0.29, 0.717) is 36.9 Å². The molecule has 0 atom stereocenters. The standard InChI is InChI=1S/C26H35F3N4O2S2/c1-5-35-16(2)22-18-8-6-7-9-20(18)37-24(22)31-25(34)30-14-19-17-10-11-33(13-12-32(3)4)15-21(17)36-23(19)26(27,28)29/h2,5-15H2,1,3-4H3,(H2,30,31,34). The zero-order chi connectivity index (χ0) is 26.7. The summed E-state index contributed by atoms with van der Waals surface area (Å²) in [5, 5.41) is 6.22. The van der Waals surface area contributed by atoms with Gasteiger partial charge in [-0.3, -0.25) is 10.2 Å². The first-order valence-corrected chi connectivity index (χ1v) is 14.3. The number of likely N-dealkylation sites (N-methyl/N-ethyl adjacent to an activating group) is 1. The molecule has 0 bridgehead atoms. The fourth-order valence-corrected chi connectivity index (χ4v) is 7.56. The van der Waals surface area contributed by atoms with Crippen LogP contribution >= 0.6 is 22.7 Å². The van der Waals surface area contributed by atoms with Crippen LogP contribution in [0.3, 0.4) is 0 Å². The molecular weight excluding hydrogens is 521 g/mol. The van der Waals surface area contributed by atoms with Crippen molar-refractivity contribution >= 4 is 39.5 Å². The lowest BCUT2D eigenvalue weighted by molar-refractivity contribution is -0.135. The van der Waals surface area contributed by atoms with E-state index in [1.54, 1.807) is 0 Å². The fourth-order valence-electron chi connectivity index (χ4n) is 4.98. The second-order valence-electron chi connectivity index (χ2n) is 9.72. The van der Waals surface area contributed by atoms with Crippen LogP contribution < -0.4 is 10.6 Å². The Morgan fingerprint density at radius 3 is 2.59 bits per heavy atom. The molecule has 0 aromatic carbocycles. The van der Waals surface area contributed by atoms with Gasteiger partial charge in [-0.2, -0.15) is 13.2 Å². The van der Waals surface area contributed by atoms with Crippen molar-refractivity contribution in [2.75, 3.05) is 45.7 Å². The lowest BCUT2D eigenvalue weighted by Crippen LogP contribution is -2.35. The summed E-state index contributed by atoms with van der Waals surface area (Å²) in [6.45, 7) is 9.09. The predicted octanol–water partition coefficient (Wildman–Crippen LogP) is 5.96. The number of carbonyl (C=O) groups is 1. The number of aryl methyl sites for hydroxylation is 1. The van der Waals surface area contributed by atoms with Crippen LogP contribution in [-0.4, -0.2) is 56.2 Å². The minimum absolute atomic E-state index is 0.170. The van der Waals surface area contributed by atoms with E-state index in [1.807, 2.05) is 21.0 Å². The van der Waals surface area contributed by atoms with Crippen LogP contribution in [0.4, 0.5) is 23.0 Å². The van der Waals surface area contributed by atoms with E-state index in [2.05, 4.69) is 27.0 Å². The van der Waals surface area contributed by atoms with Crippen molar-refractivity contribution in [2.24, 2.45) is 0 Å². The first-order chi connectivity index (χ1) is 17.6. The van der Waals surface area contributed by atoms with Gasteiger partial charge in [0, 0.05) is 42.5 Å². The summed E-state index contributed by atoms with van der Waals surface area (Å²) in [5.41, 5.74) is 2.91. The van der Waals surface area contributed by atoms with Gasteiger partial charge >= 0.3 is 12.2 Å². The molecule has 1 aliphatic heterocycles. The van der Waals surface area contributed by atoms with E-state index in [-0.39, 0.29) is 12.1 Å². The van der Waals surface area contributed by atoms with Gasteiger partial charge in [-0.15, -0.1) is 22.7 Å². The molecule has 2 N–H and O–H groups in total. The number of nitrogens with one attached hydrogen (secondary N) is 2. The highest BCUT2D eigenvalue weighted by Crippen LogP contribution is 2.43. The summed E-state index contributed by atoms with van der Waals surface area (Å²) in [7, 11) is 3.97. The number of halogens is 3. The van der Waals surface area contributed by atoms with Crippen molar-refractivity contribution in [3.63, 3.8) is 0 Å². The van der Waals surface area contributed by atoms with Gasteiger partial charge in [0.2, 0.25) is 0 Å². The minimum Gasteiger partial charge on any atom is -0.494 e. The summed E-state index contributed by atoms with van der Waals surface area (Å²) in [5.74, 6) is 0.516. The molecule has 1 aliphatic carbocycles. The summed E-state index contributed by atoms with van der Waals surface area (Å²) >= 11 is 2.32. The maximum Gasteiger partial charge on any atom is 0.425 e. The Kier molecular flexibility index (Phi) is 8.88. The molecule has 0 unspecified atom stereocenters. The van der Waals surface area contributed by atoms with Gasteiger partial charge in [-0.05, 0) is 69.8 Å². The smallest absolute Gasteiger partial charge is 0.425 e. The Morgan fingerprint density at radius 2 is 1.89 bits per heavy atom. The zero-order valence-electron chi connectivity index (χ0n) is 21.6. The van der Waals surface area contributed by atoms with Gasteiger partial charge in [0.15, 0.2) is 0 Å². The molecule has 0 spiro atoms. The molecule has 11 heteroatoms. The highest BCUT2D eigenvalue weighted by molar-refractivity contribution is 7.16. The topological polar surface area (TPSA) is 56.8 Å². The number of urea groups is 1. The summed E-state index contributed by atoms with van der Waals surface area (Å²) in [6.07, 6.45) is 0.0894. The van der Waals surface area contributed by atoms with Crippen molar-refractivity contribution in [2.45, 2.75) is 58.3 Å². The SMILES string of the molecule is C=C(OCC)c1c(NC(=O)NCc2c(C(F)(F)F)sc3c2CCN(CCN(C)C)C3)sc2c1CCCC2. The lowest BCUT2D eigenvalue weighted by Gasteiger charge is -2.28. The highest BCUT2D eigenvalue weighted by Gasteiger charge is 2.39. The Morgan fingerprint density at radius 1 is 1.14 bits per heavy atom. The van der Waals surface area contributed by atoms with Crippen molar-refractivity contribution < 1.29 is 22.7 Å². The number of anilines is 1. The Labute approximate surface area is 224 Å². The number of nitrogens with zero attached hydrogens (tertiary/aromatic N) is 2. The zero-order valence-corrected chi connectivity index (χ0v) is 23.3. The molecule has 2 aliphatic rings. The van der Waals surface area contributed by atoms with Crippen molar-refractivity contribution in [1.29, 1.82) is 0 Å². The molecule has 6 nitrogen and oxygen atoms in total. The van der Waals surface area contributed by atoms with E-state index in [1.165, 1.54) is 16.2 Å². The van der Waals surface area contributed by atoms with E-state index < -0.39 is 17.1 Å². The molecular formula is C26H35F3N4O2S2. The maximum absolute atomic E-state index is 13.9. The number of amides is 2. The molecule has 4 rings (SSSR count). The van der Waals surface area contributed by atoms with Crippen molar-refractivity contribution in [3.05, 3.63) is 43.5 Å². The van der Waals surface area contributed by atoms with Crippen molar-refractivity contribution in [3.8, 4) is 0 Å². The monoisotopic (exact) mass is 556 g/mol. The van der Waals surface area contributed by atoms with Crippen LogP contribution in [0.2, 0.25) is 0 Å². The molecule has 2 aromatic heterocycles. The molecule has 0 fully saturated rings. The van der Waals surface area contributed by atoms with Gasteiger partial charge in [-0.25, -0.2) is 4.79 Å². The van der Waals surface area contributed by atoms with Crippen molar-refractivity contribution in [1.82, 2.24) is 15.1 Å². The van der Waals surface area contributed by atoms with Gasteiger partial charge in [0.05, 0.1) is 12.2 Å². The van der Waals surface area contributed by atoms with Crippen LogP contribution in [0.25, 0.3) is 5.76 Å². The van der Waals surface area contributed by atoms with Crippen LogP contribution in [0, 0.1) is 0 Å². The minimum atomic E-state index is -4.46. The first-order valence-electron chi connectivity index (χ1n) is 12.7. The van der Waals surface area contributed by atoms with Gasteiger partial charge in [-0.1, -0.05) is 6.58 Å². The molecule has 2 amide bonds. The fraction of sp³-hybridized carbons (Fsp3) is 0.577. The number of alkyl halides is 3. The number of fused-ring (bicyclic) bond motifs is 2. The predicted molar refractivity (Wildman–Crippen MR) is 144 cm³/mol. The third-order valence-electron chi connectivity index (χ3n) is 6.79. The second-order valence-corrected chi connectivity index (χ2v) is 11.9. The molecule has 0 saturated carbocycles. The molecule has 204 valence electrons. The third kappa shape index (κ3) is 6.50. The van der Waals surface area contributed by atoms with Crippen LogP contribution in [0.5, 0.6) is 0 Å². The largest absolute Gasteiger partial charge is 0.494 e. The van der Waals surface area contributed by atoms with E-state index in [9.17, 15) is 18.0 Å². The van der Waals surface area contributed by atoms with E-state index in [0.717, 1.165) is 71.7 Å². The quantitative estimate of drug-likeness (QED) is 0.375. The first kappa shape index (κ1) is 27.9. The van der Waals surface area contributed by atoms with Gasteiger partial charge in [0.1, 0.15) is 15.6 Å². The summed E-state index contributed by atoms with van der Waals surface area (Å²) in [6, 6.07) is -0.527. The average Bonchev–Trinajstić information content (AvgIpc) is 3.39.